The number of hydrogen-bond acceptors (Lipinski definition) is 2. The molecule has 0 heterocycles. The fraction of sp³-hybridized carbons (Fsp3) is 0.533. The highest BCUT2D eigenvalue weighted by molar-refractivity contribution is 14.0. The summed E-state index contributed by atoms with van der Waals surface area (Å²) >= 11 is 0. The maximum Gasteiger partial charge on any atom is 0.191 e. The fourth-order valence-electron chi connectivity index (χ4n) is 1.90. The number of nitrogens with zero attached hydrogens (tertiary/aromatic N) is 2. The van der Waals surface area contributed by atoms with Gasteiger partial charge < -0.3 is 15.5 Å². The summed E-state index contributed by atoms with van der Waals surface area (Å²) < 4.78 is 0. The molecule has 1 aromatic rings. The predicted molar refractivity (Wildman–Crippen MR) is 99.4 cm³/mol. The third kappa shape index (κ3) is 5.98. The van der Waals surface area contributed by atoms with Crippen molar-refractivity contribution in [2.75, 3.05) is 32.1 Å². The molecule has 0 spiro atoms. The Kier molecular flexibility index (Phi) is 9.37. The first-order chi connectivity index (χ1) is 9.08. The number of aryl methyl sites for hydroxylation is 1. The van der Waals surface area contributed by atoms with Crippen LogP contribution in [0.15, 0.2) is 23.2 Å². The van der Waals surface area contributed by atoms with Gasteiger partial charge in [0.05, 0.1) is 6.54 Å². The van der Waals surface area contributed by atoms with Crippen LogP contribution in [0.3, 0.4) is 0 Å². The van der Waals surface area contributed by atoms with Crippen LogP contribution in [0, 0.1) is 6.92 Å². The van der Waals surface area contributed by atoms with Crippen molar-refractivity contribution in [3.05, 3.63) is 29.3 Å². The molecule has 0 fully saturated rings. The third-order valence-electron chi connectivity index (χ3n) is 2.82. The first kappa shape index (κ1) is 19.0. The molecule has 0 unspecified atom stereocenters. The molecule has 0 aliphatic carbocycles. The van der Waals surface area contributed by atoms with Gasteiger partial charge in [-0.2, -0.15) is 0 Å². The molecule has 20 heavy (non-hydrogen) atoms. The summed E-state index contributed by atoms with van der Waals surface area (Å²) in [4.78, 5) is 6.75. The second-order valence-corrected chi connectivity index (χ2v) is 4.75. The molecule has 0 radical (unpaired) electrons. The number of benzene rings is 1. The number of hydrogen-bond donors (Lipinski definition) is 2. The zero-order chi connectivity index (χ0) is 14.3. The van der Waals surface area contributed by atoms with E-state index in [2.05, 4.69) is 73.6 Å². The van der Waals surface area contributed by atoms with Crippen molar-refractivity contribution in [3.63, 3.8) is 0 Å². The Hall–Kier alpha value is -0.980. The molecule has 0 saturated heterocycles. The molecule has 5 heteroatoms. The number of anilines is 1. The topological polar surface area (TPSA) is 39.7 Å². The lowest BCUT2D eigenvalue weighted by molar-refractivity contribution is 0.838. The van der Waals surface area contributed by atoms with Gasteiger partial charge in [0.15, 0.2) is 5.96 Å². The molecular formula is C15H27IN4. The van der Waals surface area contributed by atoms with E-state index >= 15 is 0 Å². The van der Waals surface area contributed by atoms with Gasteiger partial charge in [0.25, 0.3) is 0 Å². The van der Waals surface area contributed by atoms with Crippen LogP contribution in [-0.2, 0) is 6.54 Å². The van der Waals surface area contributed by atoms with E-state index in [4.69, 9.17) is 0 Å². The van der Waals surface area contributed by atoms with E-state index in [1.54, 1.807) is 0 Å². The van der Waals surface area contributed by atoms with Gasteiger partial charge in [0.1, 0.15) is 0 Å². The Morgan fingerprint density at radius 3 is 2.25 bits per heavy atom. The van der Waals surface area contributed by atoms with Gasteiger partial charge in [-0.3, -0.25) is 0 Å². The van der Waals surface area contributed by atoms with E-state index in [1.165, 1.54) is 16.8 Å². The first-order valence-corrected chi connectivity index (χ1v) is 6.87. The quantitative estimate of drug-likeness (QED) is 0.462. The Morgan fingerprint density at radius 1 is 1.15 bits per heavy atom. The smallest absolute Gasteiger partial charge is 0.191 e. The van der Waals surface area contributed by atoms with Crippen LogP contribution >= 0.6 is 24.0 Å². The molecule has 0 aliphatic heterocycles. The molecule has 0 atom stereocenters. The molecule has 0 aromatic heterocycles. The molecule has 2 N–H and O–H groups in total. The Labute approximate surface area is 140 Å². The van der Waals surface area contributed by atoms with Crippen LogP contribution in [0.2, 0.25) is 0 Å². The minimum atomic E-state index is 0. The number of rotatable bonds is 5. The van der Waals surface area contributed by atoms with E-state index in [9.17, 15) is 0 Å². The zero-order valence-corrected chi connectivity index (χ0v) is 15.5. The maximum atomic E-state index is 4.61. The monoisotopic (exact) mass is 390 g/mol. The lowest BCUT2D eigenvalue weighted by Crippen LogP contribution is -2.37. The van der Waals surface area contributed by atoms with Crippen molar-refractivity contribution in [2.24, 2.45) is 4.99 Å². The van der Waals surface area contributed by atoms with Crippen LogP contribution < -0.4 is 15.5 Å². The molecule has 114 valence electrons. The highest BCUT2D eigenvalue weighted by atomic mass is 127. The Morgan fingerprint density at radius 2 is 1.75 bits per heavy atom. The summed E-state index contributed by atoms with van der Waals surface area (Å²) in [6.45, 7) is 8.69. The summed E-state index contributed by atoms with van der Waals surface area (Å²) in [5.41, 5.74) is 3.75. The van der Waals surface area contributed by atoms with Gasteiger partial charge in [-0.15, -0.1) is 24.0 Å². The number of halogens is 1. The van der Waals surface area contributed by atoms with Gasteiger partial charge in [-0.05, 0) is 38.0 Å². The van der Waals surface area contributed by atoms with Crippen molar-refractivity contribution < 1.29 is 0 Å². The normalized spacial score (nSPS) is 9.45. The highest BCUT2D eigenvalue weighted by Crippen LogP contribution is 2.21. The van der Waals surface area contributed by atoms with Crippen molar-refractivity contribution in [3.8, 4) is 0 Å². The standard InChI is InChI=1S/C15H26N4.HI/c1-6-16-15(17-7-2)18-11-13-9-8-12(3)10-14(13)19(4)5;/h8-10H,6-7,11H2,1-5H3,(H2,16,17,18);1H. The minimum absolute atomic E-state index is 0. The molecule has 1 aromatic carbocycles. The van der Waals surface area contributed by atoms with Crippen LogP contribution in [0.5, 0.6) is 0 Å². The molecule has 1 rings (SSSR count). The number of aliphatic imine (C=N–C) groups is 1. The van der Waals surface area contributed by atoms with Crippen LogP contribution in [0.25, 0.3) is 0 Å². The minimum Gasteiger partial charge on any atom is -0.377 e. The summed E-state index contributed by atoms with van der Waals surface area (Å²) in [6, 6.07) is 6.49. The van der Waals surface area contributed by atoms with E-state index in [0.717, 1.165) is 19.0 Å². The summed E-state index contributed by atoms with van der Waals surface area (Å²) in [7, 11) is 4.13. The number of nitrogens with one attached hydrogen (secondary N) is 2. The van der Waals surface area contributed by atoms with Crippen molar-refractivity contribution in [1.29, 1.82) is 0 Å². The second kappa shape index (κ2) is 9.85. The van der Waals surface area contributed by atoms with Gasteiger partial charge in [-0.1, -0.05) is 12.1 Å². The molecule has 0 amide bonds. The molecular weight excluding hydrogens is 363 g/mol. The second-order valence-electron chi connectivity index (χ2n) is 4.75. The highest BCUT2D eigenvalue weighted by Gasteiger charge is 2.05. The largest absolute Gasteiger partial charge is 0.377 e. The van der Waals surface area contributed by atoms with Gasteiger partial charge in [0, 0.05) is 32.9 Å². The van der Waals surface area contributed by atoms with Gasteiger partial charge in [-0.25, -0.2) is 4.99 Å². The summed E-state index contributed by atoms with van der Waals surface area (Å²) in [5.74, 6) is 0.871. The SMILES string of the molecule is CCNC(=NCc1ccc(C)cc1N(C)C)NCC.I. The predicted octanol–water partition coefficient (Wildman–Crippen LogP) is 2.75. The lowest BCUT2D eigenvalue weighted by Gasteiger charge is -2.18. The summed E-state index contributed by atoms with van der Waals surface area (Å²) in [6.07, 6.45) is 0. The molecule has 0 aliphatic rings. The first-order valence-electron chi connectivity index (χ1n) is 6.87. The van der Waals surface area contributed by atoms with E-state index in [1.807, 2.05) is 0 Å². The third-order valence-corrected chi connectivity index (χ3v) is 2.82. The van der Waals surface area contributed by atoms with Gasteiger partial charge in [0.2, 0.25) is 0 Å². The zero-order valence-electron chi connectivity index (χ0n) is 13.2. The molecule has 0 bridgehead atoms. The maximum absolute atomic E-state index is 4.61. The van der Waals surface area contributed by atoms with Gasteiger partial charge >= 0.3 is 0 Å². The Balaban J connectivity index is 0.00000361. The lowest BCUT2D eigenvalue weighted by atomic mass is 10.1. The van der Waals surface area contributed by atoms with Crippen LogP contribution in [0.1, 0.15) is 25.0 Å². The molecule has 4 nitrogen and oxygen atoms in total. The average molecular weight is 390 g/mol. The molecule has 0 saturated carbocycles. The van der Waals surface area contributed by atoms with Crippen LogP contribution in [0.4, 0.5) is 5.69 Å². The van der Waals surface area contributed by atoms with E-state index in [-0.39, 0.29) is 24.0 Å². The van der Waals surface area contributed by atoms with E-state index in [0.29, 0.717) is 6.54 Å². The van der Waals surface area contributed by atoms with Crippen molar-refractivity contribution in [2.45, 2.75) is 27.3 Å². The van der Waals surface area contributed by atoms with Crippen LogP contribution in [-0.4, -0.2) is 33.1 Å². The van der Waals surface area contributed by atoms with Crippen molar-refractivity contribution in [1.82, 2.24) is 10.6 Å². The average Bonchev–Trinajstić information content (AvgIpc) is 2.37. The summed E-state index contributed by atoms with van der Waals surface area (Å²) in [5, 5.41) is 6.48. The Bertz CT molecular complexity index is 422. The van der Waals surface area contributed by atoms with Crippen molar-refractivity contribution >= 4 is 35.6 Å². The number of guanidine groups is 1. The fourth-order valence-corrected chi connectivity index (χ4v) is 1.90. The van der Waals surface area contributed by atoms with E-state index < -0.39 is 0 Å².